The van der Waals surface area contributed by atoms with Crippen molar-refractivity contribution in [1.82, 2.24) is 0 Å². The van der Waals surface area contributed by atoms with E-state index in [0.29, 0.717) is 0 Å². The summed E-state index contributed by atoms with van der Waals surface area (Å²) >= 11 is 0. The largest absolute Gasteiger partial charge is 0.481 e. The molecule has 0 aliphatic carbocycles. The lowest BCUT2D eigenvalue weighted by Gasteiger charge is -2.20. The smallest absolute Gasteiger partial charge is 0.329 e. The van der Waals surface area contributed by atoms with E-state index in [1.165, 1.54) is 0 Å². The number of hydrogen-bond acceptors (Lipinski definition) is 3. The monoisotopic (exact) mass is 212 g/mol. The molecule has 0 spiro atoms. The third-order valence-electron chi connectivity index (χ3n) is 0.752. The summed E-state index contributed by atoms with van der Waals surface area (Å²) in [5.74, 6) is -1.32. The van der Waals surface area contributed by atoms with E-state index >= 15 is 0 Å². The van der Waals surface area contributed by atoms with Crippen molar-refractivity contribution in [2.45, 2.75) is 19.6 Å². The standard InChI is InChI=1S/C5H13O5PSi/c1-12(2,3)10-11(8,9)4-5(6)7/h4H2,1-3H3,(H,6,7)(H,8,9). The molecule has 5 nitrogen and oxygen atoms in total. The lowest BCUT2D eigenvalue weighted by Crippen LogP contribution is -2.25. The van der Waals surface area contributed by atoms with Crippen LogP contribution in [0.25, 0.3) is 0 Å². The van der Waals surface area contributed by atoms with E-state index in [4.69, 9.17) is 14.2 Å². The average Bonchev–Trinajstić information content (AvgIpc) is 1.48. The van der Waals surface area contributed by atoms with Gasteiger partial charge in [0.15, 0.2) is 8.32 Å². The molecule has 0 aliphatic rings. The summed E-state index contributed by atoms with van der Waals surface area (Å²) < 4.78 is 15.8. The van der Waals surface area contributed by atoms with Crippen LogP contribution in [0.3, 0.4) is 0 Å². The number of carboxylic acid groups (broad SMARTS) is 1. The van der Waals surface area contributed by atoms with Crippen molar-refractivity contribution in [2.75, 3.05) is 6.16 Å². The van der Waals surface area contributed by atoms with Crippen LogP contribution in [-0.4, -0.2) is 30.4 Å². The van der Waals surface area contributed by atoms with Crippen LogP contribution >= 0.6 is 7.60 Å². The fourth-order valence-electron chi connectivity index (χ4n) is 0.631. The van der Waals surface area contributed by atoms with Gasteiger partial charge in [-0.05, 0) is 19.6 Å². The highest BCUT2D eigenvalue weighted by atomic mass is 31.2. The van der Waals surface area contributed by atoms with Gasteiger partial charge in [-0.2, -0.15) is 0 Å². The van der Waals surface area contributed by atoms with Gasteiger partial charge in [-0.1, -0.05) is 0 Å². The van der Waals surface area contributed by atoms with Crippen molar-refractivity contribution >= 4 is 21.9 Å². The quantitative estimate of drug-likeness (QED) is 0.538. The van der Waals surface area contributed by atoms with E-state index in [9.17, 15) is 9.36 Å². The maximum absolute atomic E-state index is 11.0. The molecular formula is C5H13O5PSi. The Balaban J connectivity index is 4.24. The van der Waals surface area contributed by atoms with Gasteiger partial charge in [0.2, 0.25) is 0 Å². The Morgan fingerprint density at radius 2 is 1.92 bits per heavy atom. The molecule has 0 aliphatic heterocycles. The SMILES string of the molecule is C[Si](C)(C)OP(=O)(O)CC(=O)O. The molecule has 0 rings (SSSR count). The number of aliphatic carboxylic acids is 1. The first kappa shape index (κ1) is 11.8. The molecular weight excluding hydrogens is 199 g/mol. The Morgan fingerprint density at radius 3 is 2.17 bits per heavy atom. The van der Waals surface area contributed by atoms with Crippen LogP contribution in [0, 0.1) is 0 Å². The van der Waals surface area contributed by atoms with Crippen LogP contribution < -0.4 is 0 Å². The molecule has 2 N–H and O–H groups in total. The first-order valence-electron chi connectivity index (χ1n) is 3.37. The van der Waals surface area contributed by atoms with Gasteiger partial charge >= 0.3 is 13.6 Å². The molecule has 0 aromatic carbocycles. The van der Waals surface area contributed by atoms with E-state index in [1.54, 1.807) is 19.6 Å². The molecule has 72 valence electrons. The number of hydrogen-bond donors (Lipinski definition) is 2. The van der Waals surface area contributed by atoms with Crippen LogP contribution in [0.5, 0.6) is 0 Å². The van der Waals surface area contributed by atoms with Gasteiger partial charge in [0.05, 0.1) is 0 Å². The van der Waals surface area contributed by atoms with Gasteiger partial charge in [-0.3, -0.25) is 9.36 Å². The summed E-state index contributed by atoms with van der Waals surface area (Å²) in [6.07, 6.45) is -0.822. The lowest BCUT2D eigenvalue weighted by molar-refractivity contribution is -0.134. The summed E-state index contributed by atoms with van der Waals surface area (Å²) in [6, 6.07) is 0. The maximum Gasteiger partial charge on any atom is 0.329 e. The Morgan fingerprint density at radius 1 is 1.50 bits per heavy atom. The fourth-order valence-corrected chi connectivity index (χ4v) is 4.65. The van der Waals surface area contributed by atoms with Gasteiger partial charge in [0.1, 0.15) is 6.16 Å². The molecule has 0 fully saturated rings. The number of carboxylic acids is 1. The molecule has 0 bridgehead atoms. The molecule has 12 heavy (non-hydrogen) atoms. The van der Waals surface area contributed by atoms with Crippen molar-refractivity contribution in [3.05, 3.63) is 0 Å². The van der Waals surface area contributed by atoms with E-state index < -0.39 is 28.0 Å². The predicted molar refractivity (Wildman–Crippen MR) is 46.8 cm³/mol. The van der Waals surface area contributed by atoms with Crippen molar-refractivity contribution in [3.63, 3.8) is 0 Å². The normalized spacial score (nSPS) is 17.0. The minimum absolute atomic E-state index is 0.822. The molecule has 0 heterocycles. The van der Waals surface area contributed by atoms with Crippen LogP contribution in [-0.2, 0) is 13.6 Å². The van der Waals surface area contributed by atoms with Crippen molar-refractivity contribution < 1.29 is 23.6 Å². The summed E-state index contributed by atoms with van der Waals surface area (Å²) in [4.78, 5) is 19.1. The Labute approximate surface area is 72.0 Å². The first-order valence-corrected chi connectivity index (χ1v) is 8.54. The fraction of sp³-hybridized carbons (Fsp3) is 0.800. The molecule has 0 amide bonds. The van der Waals surface area contributed by atoms with Gasteiger partial charge in [0, 0.05) is 0 Å². The molecule has 0 saturated heterocycles. The first-order chi connectivity index (χ1) is 5.12. The Hall–Kier alpha value is -0.163. The van der Waals surface area contributed by atoms with Crippen LogP contribution in [0.2, 0.25) is 19.6 Å². The van der Waals surface area contributed by atoms with E-state index in [-0.39, 0.29) is 0 Å². The number of carbonyl (C=O) groups is 1. The molecule has 0 aromatic heterocycles. The highest BCUT2D eigenvalue weighted by Gasteiger charge is 2.30. The van der Waals surface area contributed by atoms with Crippen molar-refractivity contribution in [2.24, 2.45) is 0 Å². The number of rotatable bonds is 4. The van der Waals surface area contributed by atoms with Crippen molar-refractivity contribution in [1.29, 1.82) is 0 Å². The lowest BCUT2D eigenvalue weighted by atomic mass is 10.8. The molecule has 0 radical (unpaired) electrons. The van der Waals surface area contributed by atoms with Gasteiger partial charge in [-0.25, -0.2) is 0 Å². The second-order valence-electron chi connectivity index (χ2n) is 3.39. The summed E-state index contributed by atoms with van der Waals surface area (Å²) in [6.45, 7) is 5.16. The second-order valence-corrected chi connectivity index (χ2v) is 9.94. The van der Waals surface area contributed by atoms with E-state index in [1.807, 2.05) is 0 Å². The zero-order valence-corrected chi connectivity index (χ0v) is 9.17. The zero-order chi connectivity index (χ0) is 9.99. The van der Waals surface area contributed by atoms with Crippen LogP contribution in [0.1, 0.15) is 0 Å². The van der Waals surface area contributed by atoms with E-state index in [2.05, 4.69) is 0 Å². The minimum Gasteiger partial charge on any atom is -0.481 e. The van der Waals surface area contributed by atoms with Crippen molar-refractivity contribution in [3.8, 4) is 0 Å². The summed E-state index contributed by atoms with van der Waals surface area (Å²) in [5.41, 5.74) is 0. The summed E-state index contributed by atoms with van der Waals surface area (Å²) in [7, 11) is -6.04. The summed E-state index contributed by atoms with van der Waals surface area (Å²) in [5, 5.41) is 8.25. The molecule has 1 atom stereocenters. The topological polar surface area (TPSA) is 83.8 Å². The molecule has 0 saturated carbocycles. The minimum atomic E-state index is -3.91. The Bertz CT molecular complexity index is 220. The second kappa shape index (κ2) is 3.70. The average molecular weight is 212 g/mol. The molecule has 7 heteroatoms. The maximum atomic E-state index is 11.0. The highest BCUT2D eigenvalue weighted by molar-refractivity contribution is 7.55. The zero-order valence-electron chi connectivity index (χ0n) is 7.27. The van der Waals surface area contributed by atoms with Crippen LogP contribution in [0.15, 0.2) is 0 Å². The highest BCUT2D eigenvalue weighted by Crippen LogP contribution is 2.44. The Kier molecular flexibility index (Phi) is 3.65. The van der Waals surface area contributed by atoms with Gasteiger partial charge in [0.25, 0.3) is 0 Å². The third kappa shape index (κ3) is 6.54. The predicted octanol–water partition coefficient (Wildman–Crippen LogP) is 1.11. The van der Waals surface area contributed by atoms with Crippen LogP contribution in [0.4, 0.5) is 0 Å². The molecule has 0 aromatic rings. The third-order valence-corrected chi connectivity index (χ3v) is 4.75. The molecule has 1 unspecified atom stereocenters. The van der Waals surface area contributed by atoms with E-state index in [0.717, 1.165) is 0 Å². The van der Waals surface area contributed by atoms with Gasteiger partial charge in [-0.15, -0.1) is 0 Å². The van der Waals surface area contributed by atoms with Gasteiger partial charge < -0.3 is 14.2 Å².